The molecule has 0 amide bonds. The van der Waals surface area contributed by atoms with Crippen molar-refractivity contribution in [1.82, 2.24) is 10.1 Å². The zero-order valence-corrected chi connectivity index (χ0v) is 12.8. The number of ether oxygens (including phenoxy) is 1. The van der Waals surface area contributed by atoms with Crippen LogP contribution in [0.25, 0.3) is 12.2 Å². The molecule has 1 aliphatic carbocycles. The van der Waals surface area contributed by atoms with Gasteiger partial charge in [0, 0.05) is 11.6 Å². The number of aromatic nitrogens is 2. The van der Waals surface area contributed by atoms with Crippen molar-refractivity contribution in [2.24, 2.45) is 5.73 Å². The minimum Gasteiger partial charge on any atom is -0.493 e. The molecule has 0 unspecified atom stereocenters. The van der Waals surface area contributed by atoms with E-state index in [1.807, 2.05) is 37.3 Å². The van der Waals surface area contributed by atoms with Crippen molar-refractivity contribution in [1.29, 1.82) is 0 Å². The largest absolute Gasteiger partial charge is 0.493 e. The van der Waals surface area contributed by atoms with Gasteiger partial charge in [-0.2, -0.15) is 4.98 Å². The molecule has 1 aliphatic rings. The van der Waals surface area contributed by atoms with Gasteiger partial charge >= 0.3 is 0 Å². The second kappa shape index (κ2) is 6.32. The number of benzene rings is 1. The van der Waals surface area contributed by atoms with Crippen LogP contribution < -0.4 is 10.5 Å². The first-order valence-corrected chi connectivity index (χ1v) is 7.74. The summed E-state index contributed by atoms with van der Waals surface area (Å²) in [5.41, 5.74) is 6.90. The van der Waals surface area contributed by atoms with Gasteiger partial charge in [-0.05, 0) is 31.9 Å². The van der Waals surface area contributed by atoms with Crippen molar-refractivity contribution in [3.8, 4) is 5.75 Å². The molecule has 22 heavy (non-hydrogen) atoms. The van der Waals surface area contributed by atoms with Crippen LogP contribution in [0.4, 0.5) is 0 Å². The summed E-state index contributed by atoms with van der Waals surface area (Å²) >= 11 is 0. The molecule has 0 radical (unpaired) electrons. The van der Waals surface area contributed by atoms with E-state index >= 15 is 0 Å². The third kappa shape index (κ3) is 3.04. The minimum absolute atomic E-state index is 0.418. The zero-order valence-electron chi connectivity index (χ0n) is 12.8. The van der Waals surface area contributed by atoms with E-state index in [2.05, 4.69) is 10.1 Å². The molecule has 3 rings (SSSR count). The summed E-state index contributed by atoms with van der Waals surface area (Å²) in [6, 6.07) is 7.84. The van der Waals surface area contributed by atoms with Crippen LogP contribution in [0.1, 0.15) is 49.9 Å². The molecule has 1 fully saturated rings. The van der Waals surface area contributed by atoms with Crippen LogP contribution in [0.5, 0.6) is 5.75 Å². The van der Waals surface area contributed by atoms with Crippen LogP contribution in [0, 0.1) is 0 Å². The fourth-order valence-corrected chi connectivity index (χ4v) is 2.80. The first kappa shape index (κ1) is 14.8. The van der Waals surface area contributed by atoms with Gasteiger partial charge in [0.15, 0.2) is 5.82 Å². The SMILES string of the molecule is CCOc1ccccc1/C=C/c1nc(C2(N)CCCC2)no1. The summed E-state index contributed by atoms with van der Waals surface area (Å²) in [5, 5.41) is 4.05. The molecule has 2 aromatic rings. The Bertz CT molecular complexity index is 657. The number of nitrogens with two attached hydrogens (primary N) is 1. The Labute approximate surface area is 130 Å². The molecule has 0 aliphatic heterocycles. The Morgan fingerprint density at radius 3 is 2.82 bits per heavy atom. The fourth-order valence-electron chi connectivity index (χ4n) is 2.80. The second-order valence-electron chi connectivity index (χ2n) is 5.62. The van der Waals surface area contributed by atoms with Gasteiger partial charge in [-0.1, -0.05) is 36.2 Å². The average molecular weight is 299 g/mol. The van der Waals surface area contributed by atoms with Crippen LogP contribution in [0.2, 0.25) is 0 Å². The highest BCUT2D eigenvalue weighted by atomic mass is 16.5. The average Bonchev–Trinajstić information content (AvgIpc) is 3.17. The smallest absolute Gasteiger partial charge is 0.250 e. The fraction of sp³-hybridized carbons (Fsp3) is 0.412. The Morgan fingerprint density at radius 2 is 2.05 bits per heavy atom. The number of hydrogen-bond acceptors (Lipinski definition) is 5. The molecule has 0 bridgehead atoms. The van der Waals surface area contributed by atoms with Gasteiger partial charge in [-0.3, -0.25) is 0 Å². The summed E-state index contributed by atoms with van der Waals surface area (Å²) in [4.78, 5) is 4.42. The molecule has 5 nitrogen and oxygen atoms in total. The maximum Gasteiger partial charge on any atom is 0.250 e. The molecule has 0 atom stereocenters. The first-order chi connectivity index (χ1) is 10.7. The van der Waals surface area contributed by atoms with E-state index in [9.17, 15) is 0 Å². The van der Waals surface area contributed by atoms with E-state index < -0.39 is 5.54 Å². The van der Waals surface area contributed by atoms with Crippen molar-refractivity contribution in [3.05, 3.63) is 41.5 Å². The number of rotatable bonds is 5. The van der Waals surface area contributed by atoms with Gasteiger partial charge in [0.05, 0.1) is 12.1 Å². The first-order valence-electron chi connectivity index (χ1n) is 7.74. The van der Waals surface area contributed by atoms with E-state index in [-0.39, 0.29) is 0 Å². The maximum atomic E-state index is 6.34. The van der Waals surface area contributed by atoms with Crippen molar-refractivity contribution in [2.45, 2.75) is 38.1 Å². The van der Waals surface area contributed by atoms with Crippen LogP contribution >= 0.6 is 0 Å². The van der Waals surface area contributed by atoms with E-state index in [0.29, 0.717) is 18.3 Å². The number of hydrogen-bond donors (Lipinski definition) is 1. The lowest BCUT2D eigenvalue weighted by Crippen LogP contribution is -2.34. The molecule has 1 aromatic heterocycles. The Morgan fingerprint density at radius 1 is 1.27 bits per heavy atom. The second-order valence-corrected chi connectivity index (χ2v) is 5.62. The molecule has 0 spiro atoms. The molecule has 5 heteroatoms. The summed E-state index contributed by atoms with van der Waals surface area (Å²) < 4.78 is 10.9. The molecule has 1 aromatic carbocycles. The Kier molecular flexibility index (Phi) is 4.24. The lowest BCUT2D eigenvalue weighted by Gasteiger charge is -2.17. The van der Waals surface area contributed by atoms with Crippen LogP contribution in [0.15, 0.2) is 28.8 Å². The summed E-state index contributed by atoms with van der Waals surface area (Å²) in [7, 11) is 0. The molecular formula is C17H21N3O2. The maximum absolute atomic E-state index is 6.34. The van der Waals surface area contributed by atoms with Crippen LogP contribution in [-0.4, -0.2) is 16.7 Å². The van der Waals surface area contributed by atoms with Gasteiger partial charge in [-0.25, -0.2) is 0 Å². The lowest BCUT2D eigenvalue weighted by atomic mass is 9.99. The molecule has 1 heterocycles. The van der Waals surface area contributed by atoms with Crippen LogP contribution in [0.3, 0.4) is 0 Å². The predicted molar refractivity (Wildman–Crippen MR) is 85.2 cm³/mol. The number of para-hydroxylation sites is 1. The molecule has 0 saturated heterocycles. The standard InChI is InChI=1S/C17H21N3O2/c1-2-21-14-8-4-3-7-13(14)9-10-15-19-16(20-22-15)17(18)11-5-6-12-17/h3-4,7-10H,2,5-6,11-12,18H2,1H3/b10-9+. The highest BCUT2D eigenvalue weighted by Crippen LogP contribution is 2.34. The lowest BCUT2D eigenvalue weighted by molar-refractivity contribution is 0.339. The summed E-state index contributed by atoms with van der Waals surface area (Å²) in [6.07, 6.45) is 7.80. The van der Waals surface area contributed by atoms with Crippen molar-refractivity contribution >= 4 is 12.2 Å². The van der Waals surface area contributed by atoms with E-state index in [1.54, 1.807) is 6.08 Å². The number of nitrogens with zero attached hydrogens (tertiary/aromatic N) is 2. The van der Waals surface area contributed by atoms with Gasteiger partial charge in [0.25, 0.3) is 5.89 Å². The third-order valence-corrected chi connectivity index (χ3v) is 4.01. The summed E-state index contributed by atoms with van der Waals surface area (Å²) in [5.74, 6) is 1.92. The minimum atomic E-state index is -0.418. The molecule has 2 N–H and O–H groups in total. The van der Waals surface area contributed by atoms with Gasteiger partial charge in [-0.15, -0.1) is 0 Å². The van der Waals surface area contributed by atoms with E-state index in [4.69, 9.17) is 15.0 Å². The van der Waals surface area contributed by atoms with Gasteiger partial charge < -0.3 is 15.0 Å². The monoisotopic (exact) mass is 299 g/mol. The summed E-state index contributed by atoms with van der Waals surface area (Å²) in [6.45, 7) is 2.60. The normalized spacial score (nSPS) is 17.2. The Hall–Kier alpha value is -2.14. The predicted octanol–water partition coefficient (Wildman–Crippen LogP) is 3.37. The topological polar surface area (TPSA) is 74.2 Å². The quantitative estimate of drug-likeness (QED) is 0.916. The van der Waals surface area contributed by atoms with Crippen molar-refractivity contribution in [2.75, 3.05) is 6.61 Å². The van der Waals surface area contributed by atoms with Crippen molar-refractivity contribution in [3.63, 3.8) is 0 Å². The third-order valence-electron chi connectivity index (χ3n) is 4.01. The molecular weight excluding hydrogens is 278 g/mol. The highest BCUT2D eigenvalue weighted by Gasteiger charge is 2.35. The Balaban J connectivity index is 1.78. The molecule has 116 valence electrons. The zero-order chi connectivity index (χ0) is 15.4. The highest BCUT2D eigenvalue weighted by molar-refractivity contribution is 5.69. The van der Waals surface area contributed by atoms with Crippen LogP contribution in [-0.2, 0) is 5.54 Å². The molecule has 1 saturated carbocycles. The van der Waals surface area contributed by atoms with E-state index in [1.165, 1.54) is 0 Å². The van der Waals surface area contributed by atoms with Crippen molar-refractivity contribution < 1.29 is 9.26 Å². The van der Waals surface area contributed by atoms with Gasteiger partial charge in [0.2, 0.25) is 0 Å². The van der Waals surface area contributed by atoms with E-state index in [0.717, 1.165) is 37.0 Å². The van der Waals surface area contributed by atoms with Gasteiger partial charge in [0.1, 0.15) is 5.75 Å².